The van der Waals surface area contributed by atoms with Crippen molar-refractivity contribution >= 4 is 17.6 Å². The summed E-state index contributed by atoms with van der Waals surface area (Å²) in [6, 6.07) is 0. The highest BCUT2D eigenvalue weighted by molar-refractivity contribution is 7.99. The SMILES string of the molecule is CCCCCCSc1nc(C)c(C)c(N2CCCC2)n1. The van der Waals surface area contributed by atoms with E-state index < -0.39 is 0 Å². The van der Waals surface area contributed by atoms with Gasteiger partial charge in [-0.25, -0.2) is 9.97 Å². The molecule has 1 aromatic rings. The third kappa shape index (κ3) is 4.11. The molecule has 112 valence electrons. The highest BCUT2D eigenvalue weighted by Gasteiger charge is 2.18. The summed E-state index contributed by atoms with van der Waals surface area (Å²) in [5, 5.41) is 0.964. The van der Waals surface area contributed by atoms with E-state index in [0.29, 0.717) is 0 Å². The molecule has 1 aromatic heterocycles. The first kappa shape index (κ1) is 15.6. The van der Waals surface area contributed by atoms with Crippen LogP contribution in [0.3, 0.4) is 0 Å². The first-order valence-corrected chi connectivity index (χ1v) is 8.94. The molecule has 1 fully saturated rings. The molecule has 2 rings (SSSR count). The van der Waals surface area contributed by atoms with E-state index in [-0.39, 0.29) is 0 Å². The fourth-order valence-corrected chi connectivity index (χ4v) is 3.47. The third-order valence-corrected chi connectivity index (χ3v) is 4.91. The van der Waals surface area contributed by atoms with Gasteiger partial charge >= 0.3 is 0 Å². The second-order valence-electron chi connectivity index (χ2n) is 5.64. The van der Waals surface area contributed by atoms with Crippen LogP contribution in [0, 0.1) is 13.8 Å². The minimum atomic E-state index is 0.964. The molecule has 3 nitrogen and oxygen atoms in total. The molecule has 1 saturated heterocycles. The van der Waals surface area contributed by atoms with E-state index in [1.807, 2.05) is 11.8 Å². The number of nitrogens with zero attached hydrogens (tertiary/aromatic N) is 3. The Kier molecular flexibility index (Phi) is 6.14. The molecule has 0 bridgehead atoms. The van der Waals surface area contributed by atoms with Crippen molar-refractivity contribution in [2.45, 2.75) is 64.5 Å². The lowest BCUT2D eigenvalue weighted by atomic mass is 10.2. The molecule has 0 saturated carbocycles. The summed E-state index contributed by atoms with van der Waals surface area (Å²) in [6.45, 7) is 8.81. The van der Waals surface area contributed by atoms with Crippen molar-refractivity contribution in [3.63, 3.8) is 0 Å². The van der Waals surface area contributed by atoms with E-state index in [1.54, 1.807) is 0 Å². The van der Waals surface area contributed by atoms with Gasteiger partial charge in [0.25, 0.3) is 0 Å². The van der Waals surface area contributed by atoms with E-state index >= 15 is 0 Å². The second-order valence-corrected chi connectivity index (χ2v) is 6.71. The average molecular weight is 293 g/mol. The molecule has 0 amide bonds. The Bertz CT molecular complexity index is 428. The van der Waals surface area contributed by atoms with Gasteiger partial charge in [0.05, 0.1) is 0 Å². The molecule has 20 heavy (non-hydrogen) atoms. The summed E-state index contributed by atoms with van der Waals surface area (Å²) in [7, 11) is 0. The lowest BCUT2D eigenvalue weighted by molar-refractivity contribution is 0.705. The van der Waals surface area contributed by atoms with Gasteiger partial charge in [0, 0.05) is 30.1 Å². The average Bonchev–Trinajstić information content (AvgIpc) is 2.96. The minimum Gasteiger partial charge on any atom is -0.356 e. The van der Waals surface area contributed by atoms with Crippen molar-refractivity contribution in [2.75, 3.05) is 23.7 Å². The first-order valence-electron chi connectivity index (χ1n) is 7.95. The number of hydrogen-bond acceptors (Lipinski definition) is 4. The Labute approximate surface area is 127 Å². The molecule has 1 aliphatic heterocycles. The molecule has 0 radical (unpaired) electrons. The van der Waals surface area contributed by atoms with Gasteiger partial charge < -0.3 is 4.90 Å². The summed E-state index contributed by atoms with van der Waals surface area (Å²) >= 11 is 1.82. The number of aromatic nitrogens is 2. The maximum atomic E-state index is 4.81. The minimum absolute atomic E-state index is 0.964. The quantitative estimate of drug-likeness (QED) is 0.424. The molecule has 2 heterocycles. The van der Waals surface area contributed by atoms with Gasteiger partial charge in [-0.3, -0.25) is 0 Å². The Morgan fingerprint density at radius 2 is 1.80 bits per heavy atom. The number of anilines is 1. The molecule has 0 aromatic carbocycles. The van der Waals surface area contributed by atoms with Crippen molar-refractivity contribution in [2.24, 2.45) is 0 Å². The summed E-state index contributed by atoms with van der Waals surface area (Å²) in [5.74, 6) is 2.31. The number of rotatable bonds is 7. The van der Waals surface area contributed by atoms with Crippen molar-refractivity contribution in [1.29, 1.82) is 0 Å². The summed E-state index contributed by atoms with van der Waals surface area (Å²) in [5.41, 5.74) is 2.39. The van der Waals surface area contributed by atoms with Crippen LogP contribution in [0.1, 0.15) is 56.7 Å². The zero-order chi connectivity index (χ0) is 14.4. The van der Waals surface area contributed by atoms with Crippen molar-refractivity contribution < 1.29 is 0 Å². The molecule has 0 N–H and O–H groups in total. The fraction of sp³-hybridized carbons (Fsp3) is 0.750. The van der Waals surface area contributed by atoms with Gasteiger partial charge in [0.2, 0.25) is 0 Å². The number of hydrogen-bond donors (Lipinski definition) is 0. The van der Waals surface area contributed by atoms with E-state index in [4.69, 9.17) is 4.98 Å². The topological polar surface area (TPSA) is 29.0 Å². The van der Waals surface area contributed by atoms with Gasteiger partial charge in [-0.1, -0.05) is 37.9 Å². The van der Waals surface area contributed by atoms with Crippen LogP contribution >= 0.6 is 11.8 Å². The zero-order valence-corrected chi connectivity index (χ0v) is 13.9. The molecule has 0 spiro atoms. The van der Waals surface area contributed by atoms with Gasteiger partial charge in [0.1, 0.15) is 5.82 Å². The van der Waals surface area contributed by atoms with Crippen LogP contribution in [0.4, 0.5) is 5.82 Å². The monoisotopic (exact) mass is 293 g/mol. The third-order valence-electron chi connectivity index (χ3n) is 3.98. The molecule has 4 heteroatoms. The number of aryl methyl sites for hydroxylation is 1. The Hall–Kier alpha value is -0.770. The van der Waals surface area contributed by atoms with Gasteiger partial charge in [-0.2, -0.15) is 0 Å². The van der Waals surface area contributed by atoms with Crippen LogP contribution in [-0.4, -0.2) is 28.8 Å². The van der Waals surface area contributed by atoms with Gasteiger partial charge in [-0.05, 0) is 33.1 Å². The van der Waals surface area contributed by atoms with Crippen molar-refractivity contribution in [1.82, 2.24) is 9.97 Å². The van der Waals surface area contributed by atoms with Crippen molar-refractivity contribution in [3.8, 4) is 0 Å². The highest BCUT2D eigenvalue weighted by atomic mass is 32.2. The number of unbranched alkanes of at least 4 members (excludes halogenated alkanes) is 3. The van der Waals surface area contributed by atoms with Crippen LogP contribution in [0.2, 0.25) is 0 Å². The summed E-state index contributed by atoms with van der Waals surface area (Å²) < 4.78 is 0. The zero-order valence-electron chi connectivity index (χ0n) is 13.1. The summed E-state index contributed by atoms with van der Waals surface area (Å²) in [6.07, 6.45) is 7.82. The predicted octanol–water partition coefficient (Wildman–Crippen LogP) is 4.37. The van der Waals surface area contributed by atoms with Crippen LogP contribution in [0.25, 0.3) is 0 Å². The Morgan fingerprint density at radius 3 is 2.50 bits per heavy atom. The first-order chi connectivity index (χ1) is 9.72. The van der Waals surface area contributed by atoms with Gasteiger partial charge in [-0.15, -0.1) is 0 Å². The lowest BCUT2D eigenvalue weighted by Crippen LogP contribution is -2.21. The smallest absolute Gasteiger partial charge is 0.189 e. The normalized spacial score (nSPS) is 15.1. The van der Waals surface area contributed by atoms with E-state index in [1.165, 1.54) is 49.9 Å². The maximum absolute atomic E-state index is 4.81. The van der Waals surface area contributed by atoms with Crippen LogP contribution in [0.5, 0.6) is 0 Å². The molecular weight excluding hydrogens is 266 g/mol. The van der Waals surface area contributed by atoms with Crippen LogP contribution in [0.15, 0.2) is 5.16 Å². The van der Waals surface area contributed by atoms with E-state index in [0.717, 1.165) is 29.7 Å². The standard InChI is InChI=1S/C16H27N3S/c1-4-5-6-9-12-20-16-17-14(3)13(2)15(18-16)19-10-7-8-11-19/h4-12H2,1-3H3. The van der Waals surface area contributed by atoms with Crippen LogP contribution in [-0.2, 0) is 0 Å². The highest BCUT2D eigenvalue weighted by Crippen LogP contribution is 2.27. The molecule has 1 aliphatic rings. The predicted molar refractivity (Wildman–Crippen MR) is 87.8 cm³/mol. The van der Waals surface area contributed by atoms with E-state index in [9.17, 15) is 0 Å². The maximum Gasteiger partial charge on any atom is 0.189 e. The Balaban J connectivity index is 1.98. The lowest BCUT2D eigenvalue weighted by Gasteiger charge is -2.20. The number of thioether (sulfide) groups is 1. The molecule has 0 unspecified atom stereocenters. The molecular formula is C16H27N3S. The summed E-state index contributed by atoms with van der Waals surface area (Å²) in [4.78, 5) is 11.9. The molecule has 0 atom stereocenters. The largest absolute Gasteiger partial charge is 0.356 e. The van der Waals surface area contributed by atoms with Gasteiger partial charge in [0.15, 0.2) is 5.16 Å². The Morgan fingerprint density at radius 1 is 1.05 bits per heavy atom. The van der Waals surface area contributed by atoms with Crippen LogP contribution < -0.4 is 4.90 Å². The molecule has 0 aliphatic carbocycles. The second kappa shape index (κ2) is 7.87. The van der Waals surface area contributed by atoms with Crippen molar-refractivity contribution in [3.05, 3.63) is 11.3 Å². The van der Waals surface area contributed by atoms with E-state index in [2.05, 4.69) is 30.7 Å². The fourth-order valence-electron chi connectivity index (χ4n) is 2.58.